The Morgan fingerprint density at radius 1 is 1.06 bits per heavy atom. The molecule has 1 aromatic carbocycles. The van der Waals surface area contributed by atoms with E-state index in [0.717, 1.165) is 13.1 Å². The lowest BCUT2D eigenvalue weighted by atomic mass is 9.90. The Kier molecular flexibility index (Phi) is 3.91. The van der Waals surface area contributed by atoms with E-state index in [1.165, 1.54) is 35.8 Å². The molecule has 1 aliphatic rings. The molecule has 1 aromatic rings. The minimum absolute atomic E-state index is 1.10. The lowest BCUT2D eigenvalue weighted by Gasteiger charge is -2.28. The zero-order valence-electron chi connectivity index (χ0n) is 10.2. The van der Waals surface area contributed by atoms with Gasteiger partial charge in [-0.3, -0.25) is 0 Å². The summed E-state index contributed by atoms with van der Waals surface area (Å²) in [6.07, 6.45) is 5.18. The second-order valence-corrected chi connectivity index (χ2v) is 5.26. The third-order valence-electron chi connectivity index (χ3n) is 3.56. The average molecular weight is 282 g/mol. The fourth-order valence-corrected chi connectivity index (χ4v) is 3.24. The quantitative estimate of drug-likeness (QED) is 0.804. The predicted molar refractivity (Wildman–Crippen MR) is 74.3 cm³/mol. The number of rotatable bonds is 3. The van der Waals surface area contributed by atoms with Crippen LogP contribution in [-0.2, 0) is 12.8 Å². The highest BCUT2D eigenvalue weighted by molar-refractivity contribution is 9.10. The topological polar surface area (TPSA) is 3.24 Å². The van der Waals surface area contributed by atoms with Crippen LogP contribution in [0.2, 0.25) is 0 Å². The number of benzene rings is 1. The summed E-state index contributed by atoms with van der Waals surface area (Å²) in [5.74, 6) is 0. The van der Waals surface area contributed by atoms with Gasteiger partial charge in [0.2, 0.25) is 0 Å². The first-order valence-electron chi connectivity index (χ1n) is 6.33. The van der Waals surface area contributed by atoms with Gasteiger partial charge in [-0.2, -0.15) is 0 Å². The van der Waals surface area contributed by atoms with Gasteiger partial charge in [0.1, 0.15) is 0 Å². The molecule has 88 valence electrons. The van der Waals surface area contributed by atoms with E-state index in [4.69, 9.17) is 0 Å². The first-order chi connectivity index (χ1) is 7.77. The SMILES string of the molecule is CCN(CC)c1ccc(Br)c2c1CCCC2. The third-order valence-corrected chi connectivity index (χ3v) is 4.30. The van der Waals surface area contributed by atoms with Gasteiger partial charge in [0.15, 0.2) is 0 Å². The summed E-state index contributed by atoms with van der Waals surface area (Å²) < 4.78 is 1.30. The standard InChI is InChI=1S/C14H20BrN/c1-3-16(4-2)14-10-9-13(15)11-7-5-6-8-12(11)14/h9-10H,3-8H2,1-2H3. The highest BCUT2D eigenvalue weighted by atomic mass is 79.9. The molecule has 2 heteroatoms. The maximum atomic E-state index is 3.69. The van der Waals surface area contributed by atoms with Crippen molar-refractivity contribution in [2.45, 2.75) is 39.5 Å². The third kappa shape index (κ3) is 2.13. The van der Waals surface area contributed by atoms with Crippen LogP contribution in [0, 0.1) is 0 Å². The van der Waals surface area contributed by atoms with Gasteiger partial charge in [0, 0.05) is 23.2 Å². The van der Waals surface area contributed by atoms with Crippen LogP contribution >= 0.6 is 15.9 Å². The molecule has 0 bridgehead atoms. The zero-order chi connectivity index (χ0) is 11.5. The second-order valence-electron chi connectivity index (χ2n) is 4.40. The van der Waals surface area contributed by atoms with E-state index < -0.39 is 0 Å². The summed E-state index contributed by atoms with van der Waals surface area (Å²) >= 11 is 3.69. The number of halogens is 1. The first kappa shape index (κ1) is 12.0. The maximum Gasteiger partial charge on any atom is 0.0402 e. The summed E-state index contributed by atoms with van der Waals surface area (Å²) in [7, 11) is 0. The monoisotopic (exact) mass is 281 g/mol. The summed E-state index contributed by atoms with van der Waals surface area (Å²) in [6.45, 7) is 6.68. The Morgan fingerprint density at radius 2 is 1.69 bits per heavy atom. The van der Waals surface area contributed by atoms with Crippen molar-refractivity contribution in [3.63, 3.8) is 0 Å². The van der Waals surface area contributed by atoms with Crippen LogP contribution < -0.4 is 4.90 Å². The normalized spacial score (nSPS) is 14.7. The number of anilines is 1. The number of nitrogens with zero attached hydrogens (tertiary/aromatic N) is 1. The first-order valence-corrected chi connectivity index (χ1v) is 7.12. The van der Waals surface area contributed by atoms with Crippen LogP contribution in [0.4, 0.5) is 5.69 Å². The molecule has 0 fully saturated rings. The highest BCUT2D eigenvalue weighted by Crippen LogP contribution is 2.35. The summed E-state index contributed by atoms with van der Waals surface area (Å²) in [4.78, 5) is 2.47. The van der Waals surface area contributed by atoms with Crippen molar-refractivity contribution < 1.29 is 0 Å². The molecule has 0 saturated carbocycles. The molecule has 16 heavy (non-hydrogen) atoms. The van der Waals surface area contributed by atoms with E-state index in [-0.39, 0.29) is 0 Å². The van der Waals surface area contributed by atoms with Crippen LogP contribution in [0.3, 0.4) is 0 Å². The van der Waals surface area contributed by atoms with E-state index in [0.29, 0.717) is 0 Å². The Bertz CT molecular complexity index is 369. The van der Waals surface area contributed by atoms with Gasteiger partial charge in [-0.05, 0) is 62.8 Å². The molecule has 0 saturated heterocycles. The van der Waals surface area contributed by atoms with Crippen molar-refractivity contribution >= 4 is 21.6 Å². The molecule has 0 spiro atoms. The van der Waals surface area contributed by atoms with E-state index >= 15 is 0 Å². The Balaban J connectivity index is 2.46. The predicted octanol–water partition coefficient (Wildman–Crippen LogP) is 4.17. The molecule has 0 radical (unpaired) electrons. The van der Waals surface area contributed by atoms with Crippen LogP contribution in [0.15, 0.2) is 16.6 Å². The van der Waals surface area contributed by atoms with Gasteiger partial charge >= 0.3 is 0 Å². The van der Waals surface area contributed by atoms with Gasteiger partial charge in [0.05, 0.1) is 0 Å². The van der Waals surface area contributed by atoms with Crippen molar-refractivity contribution in [1.82, 2.24) is 0 Å². The molecular formula is C14H20BrN. The molecule has 1 nitrogen and oxygen atoms in total. The van der Waals surface area contributed by atoms with E-state index in [9.17, 15) is 0 Å². The highest BCUT2D eigenvalue weighted by Gasteiger charge is 2.18. The maximum absolute atomic E-state index is 3.69. The van der Waals surface area contributed by atoms with Crippen LogP contribution in [0.5, 0.6) is 0 Å². The molecule has 0 aliphatic heterocycles. The van der Waals surface area contributed by atoms with E-state index in [1.54, 1.807) is 11.1 Å². The summed E-state index contributed by atoms with van der Waals surface area (Å²) in [5, 5.41) is 0. The number of hydrogen-bond acceptors (Lipinski definition) is 1. The summed E-state index contributed by atoms with van der Waals surface area (Å²) in [6, 6.07) is 4.50. The molecular weight excluding hydrogens is 262 g/mol. The van der Waals surface area contributed by atoms with Crippen LogP contribution in [-0.4, -0.2) is 13.1 Å². The van der Waals surface area contributed by atoms with Gasteiger partial charge in [0.25, 0.3) is 0 Å². The minimum atomic E-state index is 1.10. The molecule has 1 aliphatic carbocycles. The number of hydrogen-bond donors (Lipinski definition) is 0. The van der Waals surface area contributed by atoms with E-state index in [1.807, 2.05) is 0 Å². The molecule has 0 aromatic heterocycles. The summed E-state index contributed by atoms with van der Waals surface area (Å²) in [5.41, 5.74) is 4.60. The minimum Gasteiger partial charge on any atom is -0.372 e. The Hall–Kier alpha value is -0.500. The van der Waals surface area contributed by atoms with Crippen LogP contribution in [0.25, 0.3) is 0 Å². The van der Waals surface area contributed by atoms with Gasteiger partial charge < -0.3 is 4.90 Å². The van der Waals surface area contributed by atoms with E-state index in [2.05, 4.69) is 46.8 Å². The fourth-order valence-electron chi connectivity index (χ4n) is 2.67. The van der Waals surface area contributed by atoms with Crippen molar-refractivity contribution in [2.24, 2.45) is 0 Å². The smallest absolute Gasteiger partial charge is 0.0402 e. The molecule has 0 amide bonds. The lowest BCUT2D eigenvalue weighted by molar-refractivity contribution is 0.678. The van der Waals surface area contributed by atoms with Gasteiger partial charge in [-0.25, -0.2) is 0 Å². The van der Waals surface area contributed by atoms with Gasteiger partial charge in [-0.1, -0.05) is 15.9 Å². The van der Waals surface area contributed by atoms with Crippen LogP contribution in [0.1, 0.15) is 37.8 Å². The fraction of sp³-hybridized carbons (Fsp3) is 0.571. The number of fused-ring (bicyclic) bond motifs is 1. The molecule has 0 unspecified atom stereocenters. The Labute approximate surface area is 107 Å². The molecule has 0 atom stereocenters. The molecule has 0 N–H and O–H groups in total. The van der Waals surface area contributed by atoms with Gasteiger partial charge in [-0.15, -0.1) is 0 Å². The van der Waals surface area contributed by atoms with Crippen molar-refractivity contribution in [3.8, 4) is 0 Å². The lowest BCUT2D eigenvalue weighted by Crippen LogP contribution is -2.24. The van der Waals surface area contributed by atoms with Crippen molar-refractivity contribution in [3.05, 3.63) is 27.7 Å². The largest absolute Gasteiger partial charge is 0.372 e. The van der Waals surface area contributed by atoms with Crippen molar-refractivity contribution in [2.75, 3.05) is 18.0 Å². The molecule has 2 rings (SSSR count). The van der Waals surface area contributed by atoms with Crippen molar-refractivity contribution in [1.29, 1.82) is 0 Å². The second kappa shape index (κ2) is 5.22. The Morgan fingerprint density at radius 3 is 2.31 bits per heavy atom. The zero-order valence-corrected chi connectivity index (χ0v) is 11.8. The molecule has 0 heterocycles. The average Bonchev–Trinajstić information content (AvgIpc) is 2.34.